The predicted octanol–water partition coefficient (Wildman–Crippen LogP) is -0.0855. The average molecular weight is 477 g/mol. The van der Waals surface area contributed by atoms with Crippen LogP contribution in [0.2, 0.25) is 0 Å². The molecule has 0 saturated heterocycles. The quantitative estimate of drug-likeness (QED) is 0.195. The summed E-state index contributed by atoms with van der Waals surface area (Å²) < 4.78 is 17.2. The van der Waals surface area contributed by atoms with Gasteiger partial charge in [-0.3, -0.25) is 23.7 Å². The molecule has 0 heterocycles. The van der Waals surface area contributed by atoms with Gasteiger partial charge in [-0.05, 0) is 23.4 Å². The Balaban J connectivity index is 2.68. The minimum atomic E-state index is -4.21. The first-order valence-corrected chi connectivity index (χ1v) is 12.1. The van der Waals surface area contributed by atoms with Crippen LogP contribution >= 0.6 is 18.2 Å². The third kappa shape index (κ3) is 11.5. The van der Waals surface area contributed by atoms with E-state index in [-0.39, 0.29) is 19.4 Å². The number of carboxylic acid groups (broad SMARTS) is 2. The van der Waals surface area contributed by atoms with Gasteiger partial charge in [0, 0.05) is 12.2 Å². The number of hydrogen-bond acceptors (Lipinski definition) is 8. The zero-order valence-corrected chi connectivity index (χ0v) is 18.0. The fraction of sp³-hybridized carbons (Fsp3) is 0.412. The van der Waals surface area contributed by atoms with Gasteiger partial charge in [-0.1, -0.05) is 30.3 Å². The fourth-order valence-corrected chi connectivity index (χ4v) is 4.43. The van der Waals surface area contributed by atoms with Crippen LogP contribution in [0.5, 0.6) is 0 Å². The molecule has 172 valence electrons. The molecule has 14 heteroatoms. The largest absolute Gasteiger partial charge is 0.480 e. The molecule has 0 radical (unpaired) electrons. The number of benzene rings is 1. The van der Waals surface area contributed by atoms with Gasteiger partial charge in [0.25, 0.3) is 0 Å². The molecule has 31 heavy (non-hydrogen) atoms. The normalized spacial score (nSPS) is 14.6. The molecular formula is C17H24N3O9PS. The number of rotatable bonds is 14. The molecule has 0 spiro atoms. The Kier molecular flexibility index (Phi) is 11.2. The molecule has 12 nitrogen and oxygen atoms in total. The lowest BCUT2D eigenvalue weighted by atomic mass is 10.1. The van der Waals surface area contributed by atoms with Crippen molar-refractivity contribution >= 4 is 41.9 Å². The first-order valence-electron chi connectivity index (χ1n) is 8.93. The predicted molar refractivity (Wildman–Crippen MR) is 111 cm³/mol. The van der Waals surface area contributed by atoms with E-state index in [1.54, 1.807) is 30.3 Å². The minimum absolute atomic E-state index is 0.156. The van der Waals surface area contributed by atoms with E-state index >= 15 is 0 Å². The first kappa shape index (κ1) is 26.6. The van der Waals surface area contributed by atoms with Crippen molar-refractivity contribution in [3.63, 3.8) is 0 Å². The number of carbonyl (C=O) groups excluding carboxylic acids is 2. The second kappa shape index (κ2) is 13.1. The van der Waals surface area contributed by atoms with Gasteiger partial charge in [-0.2, -0.15) is 0 Å². The molecule has 0 bridgehead atoms. The number of nitrogens with two attached hydrogens (primary N) is 1. The van der Waals surface area contributed by atoms with Gasteiger partial charge in [0.05, 0.1) is 6.61 Å². The van der Waals surface area contributed by atoms with Crippen LogP contribution in [-0.4, -0.2) is 63.2 Å². The summed E-state index contributed by atoms with van der Waals surface area (Å²) in [6, 6.07) is 5.96. The number of carbonyl (C=O) groups is 4. The lowest BCUT2D eigenvalue weighted by molar-refractivity contribution is -0.139. The van der Waals surface area contributed by atoms with Crippen LogP contribution in [0, 0.1) is 0 Å². The Morgan fingerprint density at radius 1 is 1.16 bits per heavy atom. The molecule has 0 aliphatic heterocycles. The Hall–Kier alpha value is -2.44. The molecule has 0 aliphatic carbocycles. The topological polar surface area (TPSA) is 205 Å². The van der Waals surface area contributed by atoms with Gasteiger partial charge in [0.1, 0.15) is 18.6 Å². The summed E-state index contributed by atoms with van der Waals surface area (Å²) in [6.45, 7) is -5.08. The van der Waals surface area contributed by atoms with Gasteiger partial charge in [0.2, 0.25) is 11.8 Å². The standard InChI is InChI=1S/C17H24N3O9PS/c18-12(17(25)26)6-7-14(21)20-13(16(24)19-8-15(22)23)10-31-30(27,28)29-9-11-4-2-1-3-5-11/h1-5,12-13H,6-10,18H2,(H,19,24)(H,20,21)(H,22,23)(H,25,26)(H,27,28)/t12-,13-/m0/s1. The fourth-order valence-electron chi connectivity index (χ4n) is 2.08. The average Bonchev–Trinajstić information content (AvgIpc) is 2.72. The van der Waals surface area contributed by atoms with Crippen molar-refractivity contribution in [2.24, 2.45) is 5.73 Å². The summed E-state index contributed by atoms with van der Waals surface area (Å²) in [5.74, 6) is -4.64. The molecule has 1 aromatic carbocycles. The summed E-state index contributed by atoms with van der Waals surface area (Å²) in [5.41, 5.74) is 5.97. The molecule has 0 saturated carbocycles. The van der Waals surface area contributed by atoms with Crippen molar-refractivity contribution in [1.82, 2.24) is 10.6 Å². The van der Waals surface area contributed by atoms with Crippen molar-refractivity contribution in [3.05, 3.63) is 35.9 Å². The Morgan fingerprint density at radius 3 is 2.39 bits per heavy atom. The van der Waals surface area contributed by atoms with Gasteiger partial charge >= 0.3 is 18.7 Å². The molecule has 1 unspecified atom stereocenters. The Bertz CT molecular complexity index is 824. The number of nitrogens with one attached hydrogen (secondary N) is 2. The van der Waals surface area contributed by atoms with E-state index in [0.717, 1.165) is 0 Å². The molecule has 1 aromatic rings. The summed E-state index contributed by atoms with van der Waals surface area (Å²) >= 11 is 0.387. The maximum absolute atomic E-state index is 12.2. The van der Waals surface area contributed by atoms with Crippen LogP contribution in [0.4, 0.5) is 0 Å². The van der Waals surface area contributed by atoms with Gasteiger partial charge in [-0.15, -0.1) is 0 Å². The molecule has 0 aromatic heterocycles. The van der Waals surface area contributed by atoms with Gasteiger partial charge in [-0.25, -0.2) is 4.57 Å². The van der Waals surface area contributed by atoms with Crippen molar-refractivity contribution in [1.29, 1.82) is 0 Å². The van der Waals surface area contributed by atoms with Crippen LogP contribution in [0.1, 0.15) is 18.4 Å². The molecular weight excluding hydrogens is 453 g/mol. The van der Waals surface area contributed by atoms with Gasteiger partial charge in [0.15, 0.2) is 0 Å². The summed E-state index contributed by atoms with van der Waals surface area (Å²) in [7, 11) is 0. The van der Waals surface area contributed by atoms with E-state index < -0.39 is 54.9 Å². The third-order valence-corrected chi connectivity index (χ3v) is 6.71. The maximum Gasteiger partial charge on any atom is 0.386 e. The van der Waals surface area contributed by atoms with Crippen LogP contribution in [0.15, 0.2) is 30.3 Å². The monoisotopic (exact) mass is 477 g/mol. The summed E-state index contributed by atoms with van der Waals surface area (Å²) in [6.07, 6.45) is -0.515. The summed E-state index contributed by atoms with van der Waals surface area (Å²) in [5, 5.41) is 21.8. The summed E-state index contributed by atoms with van der Waals surface area (Å²) in [4.78, 5) is 55.6. The Morgan fingerprint density at radius 2 is 1.81 bits per heavy atom. The zero-order valence-electron chi connectivity index (χ0n) is 16.3. The molecule has 7 N–H and O–H groups in total. The van der Waals surface area contributed by atoms with E-state index in [9.17, 15) is 28.6 Å². The van der Waals surface area contributed by atoms with Crippen LogP contribution in [-0.2, 0) is 34.9 Å². The lowest BCUT2D eigenvalue weighted by Gasteiger charge is -2.19. The highest BCUT2D eigenvalue weighted by atomic mass is 32.7. The van der Waals surface area contributed by atoms with E-state index in [1.165, 1.54) is 0 Å². The number of carboxylic acids is 2. The molecule has 0 aliphatic rings. The smallest absolute Gasteiger partial charge is 0.386 e. The van der Waals surface area contributed by atoms with Crippen molar-refractivity contribution in [2.45, 2.75) is 31.5 Å². The second-order valence-electron chi connectivity index (χ2n) is 6.24. The van der Waals surface area contributed by atoms with Crippen LogP contribution in [0.25, 0.3) is 0 Å². The molecule has 2 amide bonds. The first-order chi connectivity index (χ1) is 14.5. The van der Waals surface area contributed by atoms with E-state index in [1.807, 2.05) is 0 Å². The van der Waals surface area contributed by atoms with E-state index in [4.69, 9.17) is 20.5 Å². The number of hydrogen-bond donors (Lipinski definition) is 6. The second-order valence-corrected chi connectivity index (χ2v) is 10.2. The van der Waals surface area contributed by atoms with Crippen LogP contribution in [0.3, 0.4) is 0 Å². The van der Waals surface area contributed by atoms with Crippen LogP contribution < -0.4 is 16.4 Å². The van der Waals surface area contributed by atoms with Crippen molar-refractivity contribution in [3.8, 4) is 0 Å². The third-order valence-electron chi connectivity index (χ3n) is 3.71. The van der Waals surface area contributed by atoms with E-state index in [0.29, 0.717) is 16.9 Å². The van der Waals surface area contributed by atoms with Crippen molar-refractivity contribution in [2.75, 3.05) is 12.3 Å². The molecule has 1 rings (SSSR count). The zero-order chi connectivity index (χ0) is 23.4. The highest BCUT2D eigenvalue weighted by molar-refractivity contribution is 8.54. The van der Waals surface area contributed by atoms with Gasteiger partial charge < -0.3 is 31.5 Å². The van der Waals surface area contributed by atoms with E-state index in [2.05, 4.69) is 10.6 Å². The SMILES string of the molecule is N[C@@H](CCC(=O)N[C@@H](CSP(=O)(O)OCc1ccccc1)C(=O)NCC(=O)O)C(=O)O. The number of amides is 2. The lowest BCUT2D eigenvalue weighted by Crippen LogP contribution is -2.49. The molecule has 0 fully saturated rings. The maximum atomic E-state index is 12.2. The van der Waals surface area contributed by atoms with Crippen molar-refractivity contribution < 1.29 is 43.4 Å². The minimum Gasteiger partial charge on any atom is -0.480 e. The Labute approximate surface area is 181 Å². The highest BCUT2D eigenvalue weighted by Gasteiger charge is 2.28. The molecule has 3 atom stereocenters. The highest BCUT2D eigenvalue weighted by Crippen LogP contribution is 2.56. The number of aliphatic carboxylic acids is 2.